The molecule has 1 aliphatic rings. The minimum atomic E-state index is -2.89. The van der Waals surface area contributed by atoms with E-state index in [-0.39, 0.29) is 5.25 Å². The number of hydrogen-bond acceptors (Lipinski definition) is 3. The molecule has 1 saturated carbocycles. The summed E-state index contributed by atoms with van der Waals surface area (Å²) in [6.45, 7) is 3.59. The van der Waals surface area contributed by atoms with Crippen molar-refractivity contribution in [2.45, 2.75) is 64.0 Å². The van der Waals surface area contributed by atoms with E-state index in [4.69, 9.17) is 4.98 Å². The van der Waals surface area contributed by atoms with Crippen LogP contribution in [-0.4, -0.2) is 24.4 Å². The lowest BCUT2D eigenvalue weighted by Gasteiger charge is -2.28. The maximum atomic E-state index is 12.1. The predicted molar refractivity (Wildman–Crippen MR) is 109 cm³/mol. The van der Waals surface area contributed by atoms with Gasteiger partial charge in [0.2, 0.25) is 0 Å². The first-order valence-electron chi connectivity index (χ1n) is 10.0. The molecule has 1 fully saturated rings. The van der Waals surface area contributed by atoms with Crippen molar-refractivity contribution >= 4 is 20.7 Å². The summed E-state index contributed by atoms with van der Waals surface area (Å²) in [6, 6.07) is 12.6. The van der Waals surface area contributed by atoms with Crippen LogP contribution in [0.2, 0.25) is 0 Å². The van der Waals surface area contributed by atoms with E-state index in [1.54, 1.807) is 13.8 Å². The summed E-state index contributed by atoms with van der Waals surface area (Å²) in [4.78, 5) is 4.76. The number of hydrogen-bond donors (Lipinski definition) is 0. The van der Waals surface area contributed by atoms with Crippen molar-refractivity contribution in [3.8, 4) is 0 Å². The van der Waals surface area contributed by atoms with Crippen LogP contribution in [0.3, 0.4) is 0 Å². The van der Waals surface area contributed by atoms with E-state index in [9.17, 15) is 8.42 Å². The van der Waals surface area contributed by atoms with Gasteiger partial charge in [0.1, 0.15) is 0 Å². The van der Waals surface area contributed by atoms with Crippen molar-refractivity contribution in [2.24, 2.45) is 11.8 Å². The first kappa shape index (κ1) is 19.3. The Labute approximate surface area is 158 Å². The molecule has 1 aromatic carbocycles. The number of rotatable bonds is 7. The molecule has 4 heteroatoms. The van der Waals surface area contributed by atoms with Crippen LogP contribution in [0.1, 0.15) is 58.1 Å². The van der Waals surface area contributed by atoms with Gasteiger partial charge in [-0.2, -0.15) is 0 Å². The van der Waals surface area contributed by atoms with Gasteiger partial charge >= 0.3 is 0 Å². The number of aromatic nitrogens is 1. The Morgan fingerprint density at radius 1 is 1.00 bits per heavy atom. The lowest BCUT2D eigenvalue weighted by atomic mass is 9.80. The van der Waals surface area contributed by atoms with Gasteiger partial charge in [-0.3, -0.25) is 4.98 Å². The highest BCUT2D eigenvalue weighted by Gasteiger charge is 2.26. The van der Waals surface area contributed by atoms with Gasteiger partial charge in [-0.05, 0) is 63.5 Å². The summed E-state index contributed by atoms with van der Waals surface area (Å²) in [6.07, 6.45) is 7.96. The average Bonchev–Trinajstić information content (AvgIpc) is 2.63. The molecule has 3 nitrogen and oxygen atoms in total. The van der Waals surface area contributed by atoms with Crippen molar-refractivity contribution in [3.63, 3.8) is 0 Å². The number of nitrogens with zero attached hydrogens (tertiary/aromatic N) is 1. The Bertz CT molecular complexity index is 821. The fourth-order valence-corrected chi connectivity index (χ4v) is 5.40. The van der Waals surface area contributed by atoms with Crippen LogP contribution in [-0.2, 0) is 16.3 Å². The second-order valence-corrected chi connectivity index (χ2v) is 10.8. The lowest BCUT2D eigenvalue weighted by molar-refractivity contribution is 0.274. The molecule has 0 saturated heterocycles. The zero-order valence-electron chi connectivity index (χ0n) is 16.0. The average molecular weight is 374 g/mol. The molecule has 1 aromatic heterocycles. The summed E-state index contributed by atoms with van der Waals surface area (Å²) in [7, 11) is -2.89. The molecule has 142 valence electrons. The Balaban J connectivity index is 1.42. The van der Waals surface area contributed by atoms with Crippen molar-refractivity contribution < 1.29 is 8.42 Å². The maximum Gasteiger partial charge on any atom is 0.152 e. The van der Waals surface area contributed by atoms with E-state index in [1.807, 2.05) is 12.1 Å². The second kappa shape index (κ2) is 8.51. The van der Waals surface area contributed by atoms with E-state index in [0.717, 1.165) is 30.7 Å². The Morgan fingerprint density at radius 2 is 1.69 bits per heavy atom. The Kier molecular flexibility index (Phi) is 6.33. The molecule has 0 bridgehead atoms. The molecular weight excluding hydrogens is 342 g/mol. The van der Waals surface area contributed by atoms with Crippen LogP contribution in [0.15, 0.2) is 36.4 Å². The van der Waals surface area contributed by atoms with Crippen molar-refractivity contribution in [1.29, 1.82) is 0 Å². The smallest absolute Gasteiger partial charge is 0.152 e. The van der Waals surface area contributed by atoms with Crippen molar-refractivity contribution in [3.05, 3.63) is 42.1 Å². The zero-order valence-corrected chi connectivity index (χ0v) is 16.8. The maximum absolute atomic E-state index is 12.1. The fourth-order valence-electron chi connectivity index (χ4n) is 4.03. The number of benzene rings is 1. The molecule has 0 unspecified atom stereocenters. The van der Waals surface area contributed by atoms with Gasteiger partial charge in [0.05, 0.1) is 16.5 Å². The number of fused-ring (bicyclic) bond motifs is 1. The van der Waals surface area contributed by atoms with E-state index in [1.165, 1.54) is 36.8 Å². The summed E-state index contributed by atoms with van der Waals surface area (Å²) in [5.41, 5.74) is 2.26. The molecule has 1 heterocycles. The van der Waals surface area contributed by atoms with Crippen LogP contribution in [0.4, 0.5) is 0 Å². The predicted octanol–water partition coefficient (Wildman–Crippen LogP) is 5.19. The molecular formula is C22H31NO2S. The van der Waals surface area contributed by atoms with Crippen LogP contribution in [0.5, 0.6) is 0 Å². The van der Waals surface area contributed by atoms with Crippen LogP contribution in [0.25, 0.3) is 10.9 Å². The Hall–Kier alpha value is -1.42. The molecule has 0 amide bonds. The van der Waals surface area contributed by atoms with Gasteiger partial charge in [-0.25, -0.2) is 8.42 Å². The topological polar surface area (TPSA) is 47.0 Å². The second-order valence-electron chi connectivity index (χ2n) is 8.15. The summed E-state index contributed by atoms with van der Waals surface area (Å²) in [5.74, 6) is 1.52. The highest BCUT2D eigenvalue weighted by atomic mass is 32.2. The van der Waals surface area contributed by atoms with Gasteiger partial charge < -0.3 is 0 Å². The molecule has 0 aliphatic heterocycles. The van der Waals surface area contributed by atoms with Gasteiger partial charge in [-0.15, -0.1) is 0 Å². The van der Waals surface area contributed by atoms with Crippen LogP contribution < -0.4 is 0 Å². The van der Waals surface area contributed by atoms with Crippen LogP contribution in [0, 0.1) is 11.8 Å². The van der Waals surface area contributed by atoms with E-state index in [2.05, 4.69) is 24.3 Å². The van der Waals surface area contributed by atoms with Gasteiger partial charge in [-0.1, -0.05) is 43.5 Å². The minimum absolute atomic E-state index is 0.241. The molecule has 0 radical (unpaired) electrons. The highest BCUT2D eigenvalue weighted by molar-refractivity contribution is 7.91. The van der Waals surface area contributed by atoms with E-state index in [0.29, 0.717) is 11.7 Å². The SMILES string of the molecule is CC(C)S(=O)(=O)CC1CCC(CCCc2ccc3ccccc3n2)CC1. The fraction of sp³-hybridized carbons (Fsp3) is 0.591. The van der Waals surface area contributed by atoms with Gasteiger partial charge in [0.15, 0.2) is 9.84 Å². The third-order valence-electron chi connectivity index (χ3n) is 5.85. The third kappa shape index (κ3) is 5.06. The quantitative estimate of drug-likeness (QED) is 0.671. The number of aryl methyl sites for hydroxylation is 1. The van der Waals surface area contributed by atoms with E-state index >= 15 is 0 Å². The summed E-state index contributed by atoms with van der Waals surface area (Å²) >= 11 is 0. The Morgan fingerprint density at radius 3 is 2.42 bits per heavy atom. The number of para-hydroxylation sites is 1. The summed E-state index contributed by atoms with van der Waals surface area (Å²) < 4.78 is 24.2. The largest absolute Gasteiger partial charge is 0.253 e. The molecule has 0 N–H and O–H groups in total. The number of sulfone groups is 1. The number of pyridine rings is 1. The van der Waals surface area contributed by atoms with Crippen molar-refractivity contribution in [1.82, 2.24) is 4.98 Å². The highest BCUT2D eigenvalue weighted by Crippen LogP contribution is 2.33. The van der Waals surface area contributed by atoms with Crippen molar-refractivity contribution in [2.75, 3.05) is 5.75 Å². The molecule has 3 rings (SSSR count). The van der Waals surface area contributed by atoms with Gasteiger partial charge in [0, 0.05) is 11.1 Å². The monoisotopic (exact) mass is 373 g/mol. The van der Waals surface area contributed by atoms with Gasteiger partial charge in [0.25, 0.3) is 0 Å². The van der Waals surface area contributed by atoms with Crippen LogP contribution >= 0.6 is 0 Å². The first-order valence-corrected chi connectivity index (χ1v) is 11.7. The zero-order chi connectivity index (χ0) is 18.6. The van der Waals surface area contributed by atoms with E-state index < -0.39 is 9.84 Å². The molecule has 1 aliphatic carbocycles. The molecule has 0 spiro atoms. The first-order chi connectivity index (χ1) is 12.4. The standard InChI is InChI=1S/C22H31NO2S/c1-17(2)26(24,25)16-19-12-10-18(11-13-19)6-5-8-21-15-14-20-7-3-4-9-22(20)23-21/h3-4,7,9,14-15,17-19H,5-6,8,10-13,16H2,1-2H3. The molecule has 0 atom stereocenters. The molecule has 26 heavy (non-hydrogen) atoms. The third-order valence-corrected chi connectivity index (χ3v) is 8.23. The summed E-state index contributed by atoms with van der Waals surface area (Å²) in [5, 5.41) is 0.959. The molecule has 2 aromatic rings. The lowest BCUT2D eigenvalue weighted by Crippen LogP contribution is -2.26. The minimum Gasteiger partial charge on any atom is -0.253 e. The normalized spacial score (nSPS) is 21.3.